The maximum Gasteiger partial charge on any atom is 0.0368 e. The third-order valence-corrected chi connectivity index (χ3v) is 9.80. The van der Waals surface area contributed by atoms with Crippen molar-refractivity contribution in [2.45, 2.75) is 11.8 Å². The summed E-state index contributed by atoms with van der Waals surface area (Å²) in [6, 6.07) is 25.7. The predicted molar refractivity (Wildman–Crippen MR) is 150 cm³/mol. The first-order chi connectivity index (χ1) is 17.9. The number of benzene rings is 5. The van der Waals surface area contributed by atoms with Gasteiger partial charge in [0, 0.05) is 11.8 Å². The fourth-order valence-corrected chi connectivity index (χ4v) is 8.62. The van der Waals surface area contributed by atoms with Gasteiger partial charge in [-0.2, -0.15) is 0 Å². The Kier molecular flexibility index (Phi) is 2.48. The van der Waals surface area contributed by atoms with Gasteiger partial charge in [0.2, 0.25) is 0 Å². The molecule has 0 amide bonds. The van der Waals surface area contributed by atoms with E-state index in [0.29, 0.717) is 11.8 Å². The molecule has 0 bridgehead atoms. The topological polar surface area (TPSA) is 0 Å². The molecule has 0 radical (unpaired) electrons. The van der Waals surface area contributed by atoms with Crippen molar-refractivity contribution in [3.05, 3.63) is 136 Å². The van der Waals surface area contributed by atoms with Crippen molar-refractivity contribution in [1.82, 2.24) is 0 Å². The SMILES string of the molecule is C1=Cc2cccc3c2C2C1=CC1=CC=C4c5cccc6ccc7cc8ccc-3c3c8c(c7c56)C4C1=C32. The van der Waals surface area contributed by atoms with Crippen LogP contribution in [-0.4, -0.2) is 0 Å². The average Bonchev–Trinajstić information content (AvgIpc) is 2.93. The number of allylic oxidation sites excluding steroid dienone is 9. The minimum Gasteiger partial charge on any atom is -0.0610 e. The first-order valence-corrected chi connectivity index (χ1v) is 13.0. The maximum absolute atomic E-state index is 2.49. The standard InChI is InChI=1S/C36H18/c1-3-17-7-9-19-15-22-12-14-26-24-6-2-4-18-8-10-20-16-21-11-13-25-23(5-1)27(17)29(19)35-32(22)34(26)36(30(20)28(18)24)31(21)33(25)35/h1-16,29,34H. The highest BCUT2D eigenvalue weighted by atomic mass is 14.5. The van der Waals surface area contributed by atoms with Gasteiger partial charge in [-0.05, 0) is 105 Å². The molecule has 6 aliphatic carbocycles. The number of fused-ring (bicyclic) bond motifs is 2. The van der Waals surface area contributed by atoms with Crippen molar-refractivity contribution in [2.24, 2.45) is 0 Å². The Balaban J connectivity index is 1.49. The molecule has 11 rings (SSSR count). The minimum absolute atomic E-state index is 0.312. The van der Waals surface area contributed by atoms with Gasteiger partial charge in [-0.1, -0.05) is 91.0 Å². The van der Waals surface area contributed by atoms with Crippen LogP contribution in [0.2, 0.25) is 0 Å². The van der Waals surface area contributed by atoms with E-state index in [1.54, 1.807) is 16.7 Å². The zero-order valence-electron chi connectivity index (χ0n) is 19.4. The highest BCUT2D eigenvalue weighted by molar-refractivity contribution is 6.26. The Hall–Kier alpha value is -4.42. The van der Waals surface area contributed by atoms with Gasteiger partial charge in [-0.3, -0.25) is 0 Å². The van der Waals surface area contributed by atoms with E-state index in [9.17, 15) is 0 Å². The molecule has 0 heterocycles. The molecule has 0 N–H and O–H groups in total. The molecule has 0 saturated heterocycles. The number of rotatable bonds is 0. The van der Waals surface area contributed by atoms with E-state index in [1.807, 2.05) is 0 Å². The molecule has 0 aromatic heterocycles. The van der Waals surface area contributed by atoms with E-state index in [0.717, 1.165) is 0 Å². The van der Waals surface area contributed by atoms with Crippen molar-refractivity contribution >= 4 is 49.5 Å². The molecule has 0 aliphatic heterocycles. The molecule has 0 saturated carbocycles. The van der Waals surface area contributed by atoms with Crippen LogP contribution in [0.3, 0.4) is 0 Å². The maximum atomic E-state index is 2.49. The number of hydrogen-bond acceptors (Lipinski definition) is 0. The van der Waals surface area contributed by atoms with Crippen LogP contribution in [-0.2, 0) is 0 Å². The average molecular weight is 451 g/mol. The summed E-state index contributed by atoms with van der Waals surface area (Å²) in [7, 11) is 0. The fraction of sp³-hybridized carbons (Fsp3) is 0.0556. The molecule has 6 aliphatic rings. The summed E-state index contributed by atoms with van der Waals surface area (Å²) in [4.78, 5) is 0. The van der Waals surface area contributed by atoms with Gasteiger partial charge in [0.25, 0.3) is 0 Å². The molecule has 0 nitrogen and oxygen atoms in total. The lowest BCUT2D eigenvalue weighted by atomic mass is 9.56. The summed E-state index contributed by atoms with van der Waals surface area (Å²) in [5.41, 5.74) is 17.7. The van der Waals surface area contributed by atoms with Gasteiger partial charge in [0.1, 0.15) is 0 Å². The van der Waals surface area contributed by atoms with Crippen molar-refractivity contribution in [3.63, 3.8) is 0 Å². The van der Waals surface area contributed by atoms with Crippen LogP contribution >= 0.6 is 0 Å². The highest BCUT2D eigenvalue weighted by Crippen LogP contribution is 2.67. The summed E-state index contributed by atoms with van der Waals surface area (Å²) in [6.07, 6.45) is 12.0. The van der Waals surface area contributed by atoms with Gasteiger partial charge in [-0.25, -0.2) is 0 Å². The Morgan fingerprint density at radius 2 is 1.42 bits per heavy atom. The van der Waals surface area contributed by atoms with Crippen LogP contribution in [0.1, 0.15) is 39.7 Å². The van der Waals surface area contributed by atoms with Crippen LogP contribution < -0.4 is 0 Å². The van der Waals surface area contributed by atoms with Crippen LogP contribution in [0.4, 0.5) is 0 Å². The molecule has 5 aromatic rings. The Morgan fingerprint density at radius 3 is 2.42 bits per heavy atom. The van der Waals surface area contributed by atoms with E-state index in [1.165, 1.54) is 82.4 Å². The van der Waals surface area contributed by atoms with Gasteiger partial charge in [0.05, 0.1) is 0 Å². The zero-order chi connectivity index (χ0) is 22.9. The van der Waals surface area contributed by atoms with Crippen LogP contribution in [0.25, 0.3) is 60.7 Å². The van der Waals surface area contributed by atoms with Crippen molar-refractivity contribution in [1.29, 1.82) is 0 Å². The number of hydrogen-bond donors (Lipinski definition) is 0. The van der Waals surface area contributed by atoms with E-state index >= 15 is 0 Å². The smallest absolute Gasteiger partial charge is 0.0368 e. The minimum atomic E-state index is 0.312. The summed E-state index contributed by atoms with van der Waals surface area (Å²) in [6.45, 7) is 0. The molecular weight excluding hydrogens is 432 g/mol. The zero-order valence-corrected chi connectivity index (χ0v) is 19.4. The second-order valence-electron chi connectivity index (χ2n) is 11.2. The summed E-state index contributed by atoms with van der Waals surface area (Å²) in [5, 5.41) is 8.55. The molecule has 162 valence electrons. The quantitative estimate of drug-likeness (QED) is 0.163. The van der Waals surface area contributed by atoms with Crippen LogP contribution in [0.15, 0.2) is 108 Å². The lowest BCUT2D eigenvalue weighted by molar-refractivity contribution is 0.931. The van der Waals surface area contributed by atoms with Gasteiger partial charge < -0.3 is 0 Å². The van der Waals surface area contributed by atoms with Crippen LogP contribution in [0, 0.1) is 0 Å². The van der Waals surface area contributed by atoms with E-state index < -0.39 is 0 Å². The van der Waals surface area contributed by atoms with Gasteiger partial charge >= 0.3 is 0 Å². The molecule has 2 atom stereocenters. The third kappa shape index (κ3) is 1.58. The third-order valence-electron chi connectivity index (χ3n) is 9.80. The first kappa shape index (κ1) is 17.1. The van der Waals surface area contributed by atoms with E-state index in [4.69, 9.17) is 0 Å². The summed E-state index contributed by atoms with van der Waals surface area (Å²) in [5.74, 6) is 0.648. The predicted octanol–water partition coefficient (Wildman–Crippen LogP) is 9.06. The van der Waals surface area contributed by atoms with Crippen molar-refractivity contribution in [3.8, 4) is 11.1 Å². The summed E-state index contributed by atoms with van der Waals surface area (Å²) < 4.78 is 0. The van der Waals surface area contributed by atoms with Gasteiger partial charge in [0.15, 0.2) is 0 Å². The Morgan fingerprint density at radius 1 is 0.556 bits per heavy atom. The molecule has 36 heavy (non-hydrogen) atoms. The molecule has 0 fully saturated rings. The second-order valence-corrected chi connectivity index (χ2v) is 11.2. The fourth-order valence-electron chi connectivity index (χ4n) is 8.62. The Labute approximate surface area is 207 Å². The van der Waals surface area contributed by atoms with Crippen molar-refractivity contribution in [2.75, 3.05) is 0 Å². The lowest BCUT2D eigenvalue weighted by Gasteiger charge is -2.47. The van der Waals surface area contributed by atoms with Crippen molar-refractivity contribution < 1.29 is 0 Å². The molecule has 0 heteroatoms. The van der Waals surface area contributed by atoms with Gasteiger partial charge in [-0.15, -0.1) is 0 Å². The van der Waals surface area contributed by atoms with Crippen LogP contribution in [0.5, 0.6) is 0 Å². The second kappa shape index (κ2) is 5.22. The summed E-state index contributed by atoms with van der Waals surface area (Å²) >= 11 is 0. The molecule has 5 aromatic carbocycles. The normalized spacial score (nSPS) is 22.2. The van der Waals surface area contributed by atoms with E-state index in [-0.39, 0.29) is 0 Å². The molecule has 0 spiro atoms. The highest BCUT2D eigenvalue weighted by Gasteiger charge is 2.47. The largest absolute Gasteiger partial charge is 0.0610 e. The monoisotopic (exact) mass is 450 g/mol. The Bertz CT molecular complexity index is 2190. The first-order valence-electron chi connectivity index (χ1n) is 13.0. The molecular formula is C36H18. The lowest BCUT2D eigenvalue weighted by Crippen LogP contribution is -2.28. The van der Waals surface area contributed by atoms with E-state index in [2.05, 4.69) is 97.1 Å². The molecule has 2 unspecified atom stereocenters.